The van der Waals surface area contributed by atoms with Crippen molar-refractivity contribution in [2.45, 2.75) is 33.0 Å². The van der Waals surface area contributed by atoms with Crippen molar-refractivity contribution in [1.82, 2.24) is 0 Å². The third-order valence-electron chi connectivity index (χ3n) is 1.41. The van der Waals surface area contributed by atoms with Crippen LogP contribution in [0.2, 0.25) is 0 Å². The standard InChI is InChI=1S/C6H10O3.3C3H6/c1(5-3-8-5)7-2-6-4-9-6;3*1-3-2/h5-6H,1-4H2;3*3H,1H2,2H3. The summed E-state index contributed by atoms with van der Waals surface area (Å²) in [5, 5.41) is 0. The van der Waals surface area contributed by atoms with E-state index in [9.17, 15) is 0 Å². The number of hydrogen-bond acceptors (Lipinski definition) is 3. The third-order valence-corrected chi connectivity index (χ3v) is 1.41. The maximum Gasteiger partial charge on any atom is 0.104 e. The number of rotatable bonds is 4. The Morgan fingerprint density at radius 1 is 0.889 bits per heavy atom. The number of ether oxygens (including phenoxy) is 3. The van der Waals surface area contributed by atoms with Gasteiger partial charge in [0.05, 0.1) is 26.4 Å². The molecule has 0 amide bonds. The molecular formula is C15H28O3. The summed E-state index contributed by atoms with van der Waals surface area (Å²) < 4.78 is 15.1. The summed E-state index contributed by atoms with van der Waals surface area (Å²) in [5.74, 6) is 0. The summed E-state index contributed by atoms with van der Waals surface area (Å²) in [6.45, 7) is 19.0. The Labute approximate surface area is 112 Å². The predicted octanol–water partition coefficient (Wildman–Crippen LogP) is 3.38. The van der Waals surface area contributed by atoms with Crippen LogP contribution in [0.3, 0.4) is 0 Å². The van der Waals surface area contributed by atoms with Gasteiger partial charge in [-0.05, 0) is 20.8 Å². The molecule has 2 heterocycles. The van der Waals surface area contributed by atoms with Gasteiger partial charge in [-0.3, -0.25) is 0 Å². The van der Waals surface area contributed by atoms with Gasteiger partial charge in [0.1, 0.15) is 12.2 Å². The molecule has 2 rings (SSSR count). The molecule has 2 unspecified atom stereocenters. The fourth-order valence-corrected chi connectivity index (χ4v) is 0.659. The molecule has 0 aromatic heterocycles. The highest BCUT2D eigenvalue weighted by atomic mass is 16.6. The molecule has 0 spiro atoms. The molecule has 3 heteroatoms. The molecular weight excluding hydrogens is 228 g/mol. The second kappa shape index (κ2) is 16.1. The van der Waals surface area contributed by atoms with Crippen molar-refractivity contribution in [2.75, 3.05) is 26.4 Å². The van der Waals surface area contributed by atoms with Crippen LogP contribution >= 0.6 is 0 Å². The quantitative estimate of drug-likeness (QED) is 0.571. The molecule has 0 saturated carbocycles. The van der Waals surface area contributed by atoms with E-state index >= 15 is 0 Å². The monoisotopic (exact) mass is 256 g/mol. The summed E-state index contributed by atoms with van der Waals surface area (Å²) in [7, 11) is 0. The van der Waals surface area contributed by atoms with Crippen LogP contribution in [0, 0.1) is 0 Å². The smallest absolute Gasteiger partial charge is 0.104 e. The van der Waals surface area contributed by atoms with E-state index in [1.165, 1.54) is 0 Å². The van der Waals surface area contributed by atoms with Crippen molar-refractivity contribution >= 4 is 0 Å². The highest BCUT2D eigenvalue weighted by molar-refractivity contribution is 4.71. The van der Waals surface area contributed by atoms with Crippen LogP contribution in [0.25, 0.3) is 0 Å². The van der Waals surface area contributed by atoms with Crippen molar-refractivity contribution < 1.29 is 14.2 Å². The van der Waals surface area contributed by atoms with Gasteiger partial charge in [-0.15, -0.1) is 19.7 Å². The molecule has 0 aromatic carbocycles. The topological polar surface area (TPSA) is 34.3 Å². The Kier molecular flexibility index (Phi) is 17.4. The van der Waals surface area contributed by atoms with Crippen LogP contribution in [-0.2, 0) is 14.2 Å². The first-order valence-corrected chi connectivity index (χ1v) is 6.22. The molecule has 0 aromatic rings. The van der Waals surface area contributed by atoms with E-state index in [0.717, 1.165) is 26.4 Å². The van der Waals surface area contributed by atoms with Gasteiger partial charge >= 0.3 is 0 Å². The van der Waals surface area contributed by atoms with Crippen molar-refractivity contribution in [2.24, 2.45) is 0 Å². The highest BCUT2D eigenvalue weighted by Gasteiger charge is 2.26. The van der Waals surface area contributed by atoms with Gasteiger partial charge in [0.15, 0.2) is 0 Å². The second-order valence-electron chi connectivity index (χ2n) is 3.67. The van der Waals surface area contributed by atoms with Crippen LogP contribution in [0.15, 0.2) is 38.0 Å². The number of epoxide rings is 2. The number of hydrogen-bond donors (Lipinski definition) is 0. The summed E-state index contributed by atoms with van der Waals surface area (Å²) in [6, 6.07) is 0. The largest absolute Gasteiger partial charge is 0.376 e. The minimum atomic E-state index is 0.392. The van der Waals surface area contributed by atoms with Gasteiger partial charge < -0.3 is 14.2 Å². The van der Waals surface area contributed by atoms with Crippen LogP contribution in [0.4, 0.5) is 0 Å². The first-order valence-electron chi connectivity index (χ1n) is 6.22. The fourth-order valence-electron chi connectivity index (χ4n) is 0.659. The van der Waals surface area contributed by atoms with E-state index in [2.05, 4.69) is 19.7 Å². The zero-order valence-corrected chi connectivity index (χ0v) is 12.1. The Morgan fingerprint density at radius 2 is 1.11 bits per heavy atom. The Bertz CT molecular complexity index is 168. The van der Waals surface area contributed by atoms with E-state index in [0.29, 0.717) is 12.2 Å². The highest BCUT2D eigenvalue weighted by Crippen LogP contribution is 2.12. The van der Waals surface area contributed by atoms with Crippen LogP contribution in [-0.4, -0.2) is 38.6 Å². The summed E-state index contributed by atoms with van der Waals surface area (Å²) in [4.78, 5) is 0. The van der Waals surface area contributed by atoms with Gasteiger partial charge in [0.2, 0.25) is 0 Å². The van der Waals surface area contributed by atoms with Gasteiger partial charge in [-0.25, -0.2) is 0 Å². The molecule has 2 aliphatic heterocycles. The minimum Gasteiger partial charge on any atom is -0.376 e. The zero-order valence-electron chi connectivity index (χ0n) is 12.1. The lowest BCUT2D eigenvalue weighted by molar-refractivity contribution is 0.102. The summed E-state index contributed by atoms with van der Waals surface area (Å²) >= 11 is 0. The van der Waals surface area contributed by atoms with Gasteiger partial charge in [0.25, 0.3) is 0 Å². The molecule has 3 nitrogen and oxygen atoms in total. The fraction of sp³-hybridized carbons (Fsp3) is 0.600. The molecule has 2 atom stereocenters. The van der Waals surface area contributed by atoms with Crippen LogP contribution in [0.5, 0.6) is 0 Å². The van der Waals surface area contributed by atoms with Crippen molar-refractivity contribution in [3.63, 3.8) is 0 Å². The lowest BCUT2D eigenvalue weighted by Crippen LogP contribution is -2.06. The molecule has 2 saturated heterocycles. The number of allylic oxidation sites excluding steroid dienone is 3. The molecule has 0 aliphatic carbocycles. The average Bonchev–Trinajstić information content (AvgIpc) is 3.16. The molecule has 0 N–H and O–H groups in total. The molecule has 18 heavy (non-hydrogen) atoms. The van der Waals surface area contributed by atoms with Gasteiger partial charge in [-0.2, -0.15) is 0 Å². The first-order chi connectivity index (χ1) is 8.69. The minimum absolute atomic E-state index is 0.392. The molecule has 106 valence electrons. The van der Waals surface area contributed by atoms with Crippen molar-refractivity contribution in [3.05, 3.63) is 38.0 Å². The van der Waals surface area contributed by atoms with E-state index < -0.39 is 0 Å². The maximum absolute atomic E-state index is 5.23. The SMILES string of the molecule is C(OCC1CO1)C1CO1.C=CC.C=CC.C=CC. The van der Waals surface area contributed by atoms with Crippen molar-refractivity contribution in [3.8, 4) is 0 Å². The van der Waals surface area contributed by atoms with Crippen molar-refractivity contribution in [1.29, 1.82) is 0 Å². The lowest BCUT2D eigenvalue weighted by atomic mass is 10.5. The van der Waals surface area contributed by atoms with Crippen LogP contribution < -0.4 is 0 Å². The predicted molar refractivity (Wildman–Crippen MR) is 77.9 cm³/mol. The Hall–Kier alpha value is -0.900. The van der Waals surface area contributed by atoms with E-state index in [-0.39, 0.29) is 0 Å². The zero-order chi connectivity index (χ0) is 14.2. The maximum atomic E-state index is 5.23. The lowest BCUT2D eigenvalue weighted by Gasteiger charge is -1.95. The molecule has 2 fully saturated rings. The van der Waals surface area contributed by atoms with E-state index in [1.807, 2.05) is 20.8 Å². The normalized spacial score (nSPS) is 21.5. The van der Waals surface area contributed by atoms with Crippen LogP contribution in [0.1, 0.15) is 20.8 Å². The molecule has 2 aliphatic rings. The Morgan fingerprint density at radius 3 is 1.28 bits per heavy atom. The summed E-state index contributed by atoms with van der Waals surface area (Å²) in [6.07, 6.45) is 6.03. The Balaban J connectivity index is 0. The average molecular weight is 256 g/mol. The second-order valence-corrected chi connectivity index (χ2v) is 3.67. The van der Waals surface area contributed by atoms with E-state index in [1.54, 1.807) is 18.2 Å². The van der Waals surface area contributed by atoms with Gasteiger partial charge in [0, 0.05) is 0 Å². The third kappa shape index (κ3) is 24.4. The molecule has 0 radical (unpaired) electrons. The van der Waals surface area contributed by atoms with E-state index in [4.69, 9.17) is 14.2 Å². The summed E-state index contributed by atoms with van der Waals surface area (Å²) in [5.41, 5.74) is 0. The molecule has 0 bridgehead atoms. The van der Waals surface area contributed by atoms with Gasteiger partial charge in [-0.1, -0.05) is 18.2 Å². The first kappa shape index (κ1) is 19.4.